The number of carboxylic acids is 1. The van der Waals surface area contributed by atoms with Gasteiger partial charge in [-0.3, -0.25) is 4.79 Å². The van der Waals surface area contributed by atoms with Crippen molar-refractivity contribution < 1.29 is 23.1 Å². The second-order valence-electron chi connectivity index (χ2n) is 5.42. The molecule has 0 bridgehead atoms. The molecule has 7 heteroatoms. The van der Waals surface area contributed by atoms with Crippen LogP contribution in [0.15, 0.2) is 22.7 Å². The van der Waals surface area contributed by atoms with Gasteiger partial charge in [0.1, 0.15) is 0 Å². The molecule has 0 unspecified atom stereocenters. The molecule has 0 aliphatic carbocycles. The van der Waals surface area contributed by atoms with Gasteiger partial charge in [0.2, 0.25) is 0 Å². The van der Waals surface area contributed by atoms with E-state index >= 15 is 0 Å². The van der Waals surface area contributed by atoms with E-state index in [1.165, 1.54) is 6.07 Å². The van der Waals surface area contributed by atoms with Crippen molar-refractivity contribution in [2.75, 3.05) is 6.54 Å². The van der Waals surface area contributed by atoms with E-state index < -0.39 is 23.1 Å². The Hall–Kier alpha value is -1.08. The number of carboxylic acid groups (broad SMARTS) is 1. The molecular weight excluding hydrogens is 351 g/mol. The summed E-state index contributed by atoms with van der Waals surface area (Å²) in [7, 11) is 0. The minimum absolute atomic E-state index is 0.236. The zero-order valence-electron chi connectivity index (χ0n) is 11.7. The number of aliphatic carboxylic acids is 1. The zero-order chi connectivity index (χ0) is 16.3. The minimum Gasteiger partial charge on any atom is -0.481 e. The Morgan fingerprint density at radius 2 is 1.95 bits per heavy atom. The highest BCUT2D eigenvalue weighted by atomic mass is 79.9. The first-order chi connectivity index (χ1) is 9.54. The molecule has 0 amide bonds. The van der Waals surface area contributed by atoms with Crippen molar-refractivity contribution in [3.8, 4) is 0 Å². The summed E-state index contributed by atoms with van der Waals surface area (Å²) in [5.41, 5.74) is -1.08. The number of hydrogen-bond acceptors (Lipinski definition) is 2. The number of nitrogens with one attached hydrogen (secondary N) is 1. The van der Waals surface area contributed by atoms with E-state index in [-0.39, 0.29) is 6.54 Å². The lowest BCUT2D eigenvalue weighted by Gasteiger charge is -2.19. The fraction of sp³-hybridized carbons (Fsp3) is 0.500. The summed E-state index contributed by atoms with van der Waals surface area (Å²) in [6.07, 6.45) is -3.99. The van der Waals surface area contributed by atoms with Gasteiger partial charge in [-0.05, 0) is 50.6 Å². The molecule has 0 aliphatic heterocycles. The van der Waals surface area contributed by atoms with Crippen LogP contribution in [0.1, 0.15) is 31.4 Å². The molecule has 0 saturated heterocycles. The molecular formula is C14H17BrF3NO2. The third-order valence-electron chi connectivity index (χ3n) is 3.19. The van der Waals surface area contributed by atoms with Gasteiger partial charge >= 0.3 is 12.1 Å². The summed E-state index contributed by atoms with van der Waals surface area (Å²) in [6.45, 7) is 3.86. The van der Waals surface area contributed by atoms with Gasteiger partial charge in [-0.15, -0.1) is 0 Å². The lowest BCUT2D eigenvalue weighted by molar-refractivity contribution is -0.147. The highest BCUT2D eigenvalue weighted by molar-refractivity contribution is 9.10. The fourth-order valence-electron chi connectivity index (χ4n) is 1.62. The number of hydrogen-bond donors (Lipinski definition) is 2. The zero-order valence-corrected chi connectivity index (χ0v) is 13.3. The quantitative estimate of drug-likeness (QED) is 0.745. The number of alkyl halides is 3. The van der Waals surface area contributed by atoms with Crippen molar-refractivity contribution in [2.45, 2.75) is 33.0 Å². The first-order valence-corrected chi connectivity index (χ1v) is 7.13. The Morgan fingerprint density at radius 3 is 2.48 bits per heavy atom. The number of carbonyl (C=O) groups is 1. The largest absolute Gasteiger partial charge is 0.481 e. The van der Waals surface area contributed by atoms with Crippen molar-refractivity contribution >= 4 is 21.9 Å². The molecule has 0 heterocycles. The predicted octanol–water partition coefficient (Wildman–Crippen LogP) is 4.06. The Morgan fingerprint density at radius 1 is 1.33 bits per heavy atom. The van der Waals surface area contributed by atoms with Gasteiger partial charge in [-0.1, -0.05) is 15.9 Å². The molecule has 0 aliphatic rings. The molecule has 21 heavy (non-hydrogen) atoms. The first kappa shape index (κ1) is 18.0. The summed E-state index contributed by atoms with van der Waals surface area (Å²) < 4.78 is 38.5. The lowest BCUT2D eigenvalue weighted by Crippen LogP contribution is -2.28. The summed E-state index contributed by atoms with van der Waals surface area (Å²) >= 11 is 3.21. The Bertz CT molecular complexity index is 515. The first-order valence-electron chi connectivity index (χ1n) is 6.34. The molecule has 0 radical (unpaired) electrons. The van der Waals surface area contributed by atoms with Crippen LogP contribution in [0.2, 0.25) is 0 Å². The normalized spacial score (nSPS) is 12.5. The highest BCUT2D eigenvalue weighted by Crippen LogP contribution is 2.31. The molecule has 0 spiro atoms. The summed E-state index contributed by atoms with van der Waals surface area (Å²) in [6, 6.07) is 3.46. The Kier molecular flexibility index (Phi) is 5.81. The smallest absolute Gasteiger partial charge is 0.416 e. The lowest BCUT2D eigenvalue weighted by atomic mass is 9.90. The number of halogens is 4. The standard InChI is InChI=1S/C14H17BrF3NO2/c1-13(2,12(20)21)5-6-19-8-9-7-10(14(16,17)18)3-4-11(9)15/h3-4,7,19H,5-6,8H2,1-2H3,(H,20,21). The van der Waals surface area contributed by atoms with Crippen LogP contribution >= 0.6 is 15.9 Å². The van der Waals surface area contributed by atoms with Crippen molar-refractivity contribution in [2.24, 2.45) is 5.41 Å². The third kappa shape index (κ3) is 5.32. The molecule has 0 saturated carbocycles. The summed E-state index contributed by atoms with van der Waals surface area (Å²) in [4.78, 5) is 10.9. The van der Waals surface area contributed by atoms with E-state index in [9.17, 15) is 18.0 Å². The van der Waals surface area contributed by atoms with Crippen molar-refractivity contribution in [1.82, 2.24) is 5.32 Å². The topological polar surface area (TPSA) is 49.3 Å². The maximum absolute atomic E-state index is 12.6. The van der Waals surface area contributed by atoms with E-state index in [1.54, 1.807) is 13.8 Å². The van der Waals surface area contributed by atoms with Crippen LogP contribution in [0.25, 0.3) is 0 Å². The number of rotatable bonds is 6. The second-order valence-corrected chi connectivity index (χ2v) is 6.27. The van der Waals surface area contributed by atoms with Gasteiger partial charge in [0.05, 0.1) is 11.0 Å². The molecule has 0 atom stereocenters. The molecule has 0 fully saturated rings. The van der Waals surface area contributed by atoms with Crippen LogP contribution < -0.4 is 5.32 Å². The average molecular weight is 368 g/mol. The van der Waals surface area contributed by atoms with E-state index in [4.69, 9.17) is 5.11 Å². The van der Waals surface area contributed by atoms with E-state index in [0.717, 1.165) is 12.1 Å². The van der Waals surface area contributed by atoms with E-state index in [1.807, 2.05) is 0 Å². The van der Waals surface area contributed by atoms with Crippen LogP contribution in [-0.4, -0.2) is 17.6 Å². The average Bonchev–Trinajstić information content (AvgIpc) is 2.34. The highest BCUT2D eigenvalue weighted by Gasteiger charge is 2.31. The molecule has 0 aromatic heterocycles. The maximum Gasteiger partial charge on any atom is 0.416 e. The number of benzene rings is 1. The molecule has 3 nitrogen and oxygen atoms in total. The Balaban J connectivity index is 2.62. The van der Waals surface area contributed by atoms with Crippen molar-refractivity contribution in [3.05, 3.63) is 33.8 Å². The molecule has 118 valence electrons. The van der Waals surface area contributed by atoms with Gasteiger partial charge in [0.15, 0.2) is 0 Å². The van der Waals surface area contributed by atoms with Crippen molar-refractivity contribution in [3.63, 3.8) is 0 Å². The van der Waals surface area contributed by atoms with Crippen LogP contribution in [0, 0.1) is 5.41 Å². The monoisotopic (exact) mass is 367 g/mol. The SMILES string of the molecule is CC(C)(CCNCc1cc(C(F)(F)F)ccc1Br)C(=O)O. The minimum atomic E-state index is -4.37. The fourth-order valence-corrected chi connectivity index (χ4v) is 2.00. The second kappa shape index (κ2) is 6.79. The van der Waals surface area contributed by atoms with Gasteiger partial charge in [-0.2, -0.15) is 13.2 Å². The van der Waals surface area contributed by atoms with Crippen LogP contribution in [0.4, 0.5) is 13.2 Å². The molecule has 1 aromatic carbocycles. The maximum atomic E-state index is 12.6. The van der Waals surface area contributed by atoms with Gasteiger partial charge in [0, 0.05) is 11.0 Å². The summed E-state index contributed by atoms with van der Waals surface area (Å²) in [5, 5.41) is 11.9. The Labute approximate surface area is 129 Å². The van der Waals surface area contributed by atoms with Crippen molar-refractivity contribution in [1.29, 1.82) is 0 Å². The van der Waals surface area contributed by atoms with E-state index in [0.29, 0.717) is 23.0 Å². The third-order valence-corrected chi connectivity index (χ3v) is 3.97. The van der Waals surface area contributed by atoms with Crippen LogP contribution in [0.5, 0.6) is 0 Å². The van der Waals surface area contributed by atoms with Gasteiger partial charge in [-0.25, -0.2) is 0 Å². The summed E-state index contributed by atoms with van der Waals surface area (Å²) in [5.74, 6) is -0.899. The van der Waals surface area contributed by atoms with Crippen LogP contribution in [0.3, 0.4) is 0 Å². The molecule has 2 N–H and O–H groups in total. The van der Waals surface area contributed by atoms with Crippen LogP contribution in [-0.2, 0) is 17.5 Å². The van der Waals surface area contributed by atoms with Gasteiger partial charge in [0.25, 0.3) is 0 Å². The molecule has 1 aromatic rings. The van der Waals surface area contributed by atoms with E-state index in [2.05, 4.69) is 21.2 Å². The predicted molar refractivity (Wildman–Crippen MR) is 76.9 cm³/mol. The molecule has 1 rings (SSSR count). The van der Waals surface area contributed by atoms with Gasteiger partial charge < -0.3 is 10.4 Å².